The summed E-state index contributed by atoms with van der Waals surface area (Å²) in [4.78, 5) is 0. The Morgan fingerprint density at radius 1 is 1.23 bits per heavy atom. The van der Waals surface area contributed by atoms with Crippen molar-refractivity contribution in [2.24, 2.45) is 11.8 Å². The van der Waals surface area contributed by atoms with E-state index in [1.54, 1.807) is 14.2 Å². The molecule has 0 saturated heterocycles. The summed E-state index contributed by atoms with van der Waals surface area (Å²) >= 11 is 0. The third-order valence-electron chi connectivity index (χ3n) is 3.02. The molecule has 13 heavy (non-hydrogen) atoms. The first kappa shape index (κ1) is 11.0. The van der Waals surface area contributed by atoms with Crippen LogP contribution in [0.2, 0.25) is 0 Å². The van der Waals surface area contributed by atoms with Crippen molar-refractivity contribution in [3.63, 3.8) is 0 Å². The molecule has 0 aliphatic heterocycles. The van der Waals surface area contributed by atoms with Crippen LogP contribution in [-0.2, 0) is 9.47 Å². The molecule has 0 aromatic carbocycles. The lowest BCUT2D eigenvalue weighted by Gasteiger charge is -2.34. The maximum atomic E-state index is 9.19. The van der Waals surface area contributed by atoms with Gasteiger partial charge in [0, 0.05) is 26.7 Å². The predicted octanol–water partition coefficient (Wildman–Crippen LogP) is 1.40. The lowest BCUT2D eigenvalue weighted by molar-refractivity contribution is -0.160. The molecule has 1 aliphatic carbocycles. The summed E-state index contributed by atoms with van der Waals surface area (Å²) in [7, 11) is 3.33. The highest BCUT2D eigenvalue weighted by Gasteiger charge is 2.31. The molecule has 1 aliphatic rings. The van der Waals surface area contributed by atoms with Gasteiger partial charge in [-0.3, -0.25) is 0 Å². The first-order valence-corrected chi connectivity index (χ1v) is 5.00. The molecule has 78 valence electrons. The van der Waals surface area contributed by atoms with Gasteiger partial charge in [0.2, 0.25) is 0 Å². The van der Waals surface area contributed by atoms with Crippen LogP contribution in [0.25, 0.3) is 0 Å². The Balaban J connectivity index is 2.51. The maximum absolute atomic E-state index is 9.19. The van der Waals surface area contributed by atoms with E-state index in [0.717, 1.165) is 12.8 Å². The Kier molecular flexibility index (Phi) is 4.70. The molecule has 0 aromatic rings. The summed E-state index contributed by atoms with van der Waals surface area (Å²) in [6.45, 7) is 0.258. The van der Waals surface area contributed by atoms with Gasteiger partial charge in [-0.15, -0.1) is 0 Å². The fourth-order valence-electron chi connectivity index (χ4n) is 2.27. The minimum atomic E-state index is -0.141. The van der Waals surface area contributed by atoms with Gasteiger partial charge in [0.25, 0.3) is 0 Å². The van der Waals surface area contributed by atoms with Crippen molar-refractivity contribution in [1.29, 1.82) is 0 Å². The summed E-state index contributed by atoms with van der Waals surface area (Å²) in [6, 6.07) is 0. The van der Waals surface area contributed by atoms with Crippen molar-refractivity contribution in [3.05, 3.63) is 0 Å². The normalized spacial score (nSPS) is 29.5. The number of ether oxygens (including phenoxy) is 2. The molecule has 0 amide bonds. The van der Waals surface area contributed by atoms with Gasteiger partial charge >= 0.3 is 0 Å². The second-order valence-corrected chi connectivity index (χ2v) is 3.73. The van der Waals surface area contributed by atoms with Gasteiger partial charge in [0.1, 0.15) is 0 Å². The lowest BCUT2D eigenvalue weighted by atomic mass is 9.79. The van der Waals surface area contributed by atoms with E-state index in [4.69, 9.17) is 9.47 Å². The third kappa shape index (κ3) is 2.66. The molecular formula is C10H20O3. The Morgan fingerprint density at radius 3 is 2.38 bits per heavy atom. The van der Waals surface area contributed by atoms with E-state index in [-0.39, 0.29) is 12.9 Å². The van der Waals surface area contributed by atoms with Gasteiger partial charge in [0.05, 0.1) is 0 Å². The molecule has 0 spiro atoms. The van der Waals surface area contributed by atoms with Gasteiger partial charge < -0.3 is 14.6 Å². The van der Waals surface area contributed by atoms with Crippen molar-refractivity contribution < 1.29 is 14.6 Å². The highest BCUT2D eigenvalue weighted by Crippen LogP contribution is 2.33. The van der Waals surface area contributed by atoms with E-state index >= 15 is 0 Å². The zero-order valence-electron chi connectivity index (χ0n) is 8.53. The smallest absolute Gasteiger partial charge is 0.159 e. The zero-order valence-corrected chi connectivity index (χ0v) is 8.53. The van der Waals surface area contributed by atoms with E-state index in [9.17, 15) is 5.11 Å². The summed E-state index contributed by atoms with van der Waals surface area (Å²) in [5.74, 6) is 0.729. The van der Waals surface area contributed by atoms with Crippen LogP contribution in [0.5, 0.6) is 0 Å². The van der Waals surface area contributed by atoms with Gasteiger partial charge in [-0.2, -0.15) is 0 Å². The van der Waals surface area contributed by atoms with Crippen molar-refractivity contribution in [2.45, 2.75) is 32.0 Å². The molecular weight excluding hydrogens is 168 g/mol. The molecule has 0 unspecified atom stereocenters. The monoisotopic (exact) mass is 188 g/mol. The highest BCUT2D eigenvalue weighted by atomic mass is 16.7. The number of hydrogen-bond donors (Lipinski definition) is 1. The van der Waals surface area contributed by atoms with Crippen molar-refractivity contribution in [1.82, 2.24) is 0 Å². The average molecular weight is 188 g/mol. The van der Waals surface area contributed by atoms with E-state index < -0.39 is 0 Å². The highest BCUT2D eigenvalue weighted by molar-refractivity contribution is 4.77. The van der Waals surface area contributed by atoms with Crippen LogP contribution in [0.15, 0.2) is 0 Å². The molecule has 3 nitrogen and oxygen atoms in total. The molecule has 2 atom stereocenters. The number of methoxy groups -OCH3 is 2. The van der Waals surface area contributed by atoms with Crippen molar-refractivity contribution >= 4 is 0 Å². The molecule has 1 saturated carbocycles. The lowest BCUT2D eigenvalue weighted by Crippen LogP contribution is -2.35. The number of aliphatic hydroxyl groups is 1. The fraction of sp³-hybridized carbons (Fsp3) is 1.00. The van der Waals surface area contributed by atoms with Gasteiger partial charge in [-0.05, 0) is 18.8 Å². The van der Waals surface area contributed by atoms with Gasteiger partial charge in [-0.1, -0.05) is 12.8 Å². The van der Waals surface area contributed by atoms with Crippen LogP contribution in [0.1, 0.15) is 25.7 Å². The summed E-state index contributed by atoms with van der Waals surface area (Å²) in [6.07, 6.45) is 4.52. The Hall–Kier alpha value is -0.120. The fourth-order valence-corrected chi connectivity index (χ4v) is 2.27. The topological polar surface area (TPSA) is 38.7 Å². The minimum absolute atomic E-state index is 0.141. The van der Waals surface area contributed by atoms with E-state index in [0.29, 0.717) is 11.8 Å². The molecule has 3 heteroatoms. The molecule has 0 bridgehead atoms. The Morgan fingerprint density at radius 2 is 1.85 bits per heavy atom. The van der Waals surface area contributed by atoms with Crippen LogP contribution >= 0.6 is 0 Å². The standard InChI is InChI=1S/C10H20O3/c1-12-10(13-2)9-6-4-3-5-8(9)7-11/h8-11H,3-7H2,1-2H3/t8-,9-/m1/s1. The summed E-state index contributed by atoms with van der Waals surface area (Å²) < 4.78 is 10.5. The largest absolute Gasteiger partial charge is 0.396 e. The number of hydrogen-bond acceptors (Lipinski definition) is 3. The molecule has 0 radical (unpaired) electrons. The SMILES string of the molecule is COC(OC)[C@@H]1CCCC[C@@H]1CO. The molecule has 0 heterocycles. The number of rotatable bonds is 4. The summed E-state index contributed by atoms with van der Waals surface area (Å²) in [5.41, 5.74) is 0. The molecule has 1 N–H and O–H groups in total. The summed E-state index contributed by atoms with van der Waals surface area (Å²) in [5, 5.41) is 9.19. The average Bonchev–Trinajstić information content (AvgIpc) is 2.20. The maximum Gasteiger partial charge on any atom is 0.159 e. The first-order chi connectivity index (χ1) is 6.33. The molecule has 0 aromatic heterocycles. The Bertz CT molecular complexity index is 127. The van der Waals surface area contributed by atoms with Crippen LogP contribution in [-0.4, -0.2) is 32.2 Å². The van der Waals surface area contributed by atoms with Crippen molar-refractivity contribution in [3.8, 4) is 0 Å². The van der Waals surface area contributed by atoms with Crippen LogP contribution in [0, 0.1) is 11.8 Å². The van der Waals surface area contributed by atoms with E-state index in [1.165, 1.54) is 12.8 Å². The van der Waals surface area contributed by atoms with Crippen molar-refractivity contribution in [2.75, 3.05) is 20.8 Å². The van der Waals surface area contributed by atoms with Crippen LogP contribution in [0.3, 0.4) is 0 Å². The zero-order chi connectivity index (χ0) is 9.68. The van der Waals surface area contributed by atoms with Gasteiger partial charge in [-0.25, -0.2) is 0 Å². The Labute approximate surface area is 80.0 Å². The predicted molar refractivity (Wildman–Crippen MR) is 50.3 cm³/mol. The second-order valence-electron chi connectivity index (χ2n) is 3.73. The number of aliphatic hydroxyl groups excluding tert-OH is 1. The second kappa shape index (κ2) is 5.58. The minimum Gasteiger partial charge on any atom is -0.396 e. The molecule has 1 fully saturated rings. The van der Waals surface area contributed by atoms with Gasteiger partial charge in [0.15, 0.2) is 6.29 Å². The molecule has 1 rings (SSSR count). The van der Waals surface area contributed by atoms with Crippen LogP contribution in [0.4, 0.5) is 0 Å². The van der Waals surface area contributed by atoms with Crippen LogP contribution < -0.4 is 0 Å². The first-order valence-electron chi connectivity index (χ1n) is 5.00. The quantitative estimate of drug-likeness (QED) is 0.678. The van der Waals surface area contributed by atoms with E-state index in [2.05, 4.69) is 0 Å². The third-order valence-corrected chi connectivity index (χ3v) is 3.02. The van der Waals surface area contributed by atoms with E-state index in [1.807, 2.05) is 0 Å².